The Morgan fingerprint density at radius 2 is 1.96 bits per heavy atom. The van der Waals surface area contributed by atoms with E-state index in [9.17, 15) is 9.59 Å². The van der Waals surface area contributed by atoms with Gasteiger partial charge in [-0.1, -0.05) is 32.1 Å². The van der Waals surface area contributed by atoms with E-state index in [4.69, 9.17) is 0 Å². The Balaban J connectivity index is 1.73. The fraction of sp³-hybridized carbons (Fsp3) is 0.714. The molecule has 0 unspecified atom stereocenters. The van der Waals surface area contributed by atoms with Crippen LogP contribution in [0.15, 0.2) is 23.8 Å². The first kappa shape index (κ1) is 15.4. The van der Waals surface area contributed by atoms with E-state index < -0.39 is 0 Å². The molecule has 0 heterocycles. The van der Waals surface area contributed by atoms with Gasteiger partial charge in [0.05, 0.1) is 0 Å². The highest BCUT2D eigenvalue weighted by Crippen LogP contribution is 2.64. The topological polar surface area (TPSA) is 34.1 Å². The standard InChI is InChI=1S/C21H28O2/c1-13(22)16-9-10-17-15-8-7-14-6-4-5-11-20(14,2)19(15)18(23)12-21(16,17)3/h4-5,9,14-15,17,19H,6-8,10-12H2,1-3H3/t14-,15+,17+,19-,20+,21-/m1/s1. The zero-order chi connectivity index (χ0) is 16.4. The molecule has 4 aliphatic rings. The molecule has 0 saturated heterocycles. The molecule has 23 heavy (non-hydrogen) atoms. The number of hydrogen-bond donors (Lipinski definition) is 0. The van der Waals surface area contributed by atoms with Crippen LogP contribution in [-0.2, 0) is 9.59 Å². The molecule has 6 atom stereocenters. The number of hydrogen-bond acceptors (Lipinski definition) is 2. The van der Waals surface area contributed by atoms with E-state index in [0.717, 1.165) is 24.8 Å². The zero-order valence-corrected chi connectivity index (χ0v) is 14.6. The zero-order valence-electron chi connectivity index (χ0n) is 14.6. The van der Waals surface area contributed by atoms with E-state index in [1.807, 2.05) is 0 Å². The second-order valence-electron chi connectivity index (χ2n) is 8.91. The van der Waals surface area contributed by atoms with Crippen LogP contribution in [0.25, 0.3) is 0 Å². The molecule has 0 aromatic carbocycles. The molecule has 0 radical (unpaired) electrons. The largest absolute Gasteiger partial charge is 0.299 e. The summed E-state index contributed by atoms with van der Waals surface area (Å²) in [5.74, 6) is 2.45. The molecule has 4 rings (SSSR count). The monoisotopic (exact) mass is 312 g/mol. The molecule has 0 amide bonds. The minimum atomic E-state index is -0.197. The van der Waals surface area contributed by atoms with Gasteiger partial charge in [-0.3, -0.25) is 9.59 Å². The van der Waals surface area contributed by atoms with Crippen molar-refractivity contribution in [1.29, 1.82) is 0 Å². The number of carbonyl (C=O) groups is 2. The molecule has 0 aromatic rings. The molecular formula is C21H28O2. The highest BCUT2D eigenvalue weighted by molar-refractivity contribution is 5.97. The maximum atomic E-state index is 13.2. The van der Waals surface area contributed by atoms with Crippen molar-refractivity contribution in [2.24, 2.45) is 34.5 Å². The second-order valence-corrected chi connectivity index (χ2v) is 8.91. The summed E-state index contributed by atoms with van der Waals surface area (Å²) in [6, 6.07) is 0. The number of Topliss-reactive ketones (excluding diaryl/α,β-unsaturated/α-hetero) is 2. The number of ketones is 2. The smallest absolute Gasteiger partial charge is 0.156 e. The Morgan fingerprint density at radius 1 is 1.17 bits per heavy atom. The van der Waals surface area contributed by atoms with E-state index in [0.29, 0.717) is 30.0 Å². The Kier molecular flexibility index (Phi) is 3.28. The predicted molar refractivity (Wildman–Crippen MR) is 90.8 cm³/mol. The van der Waals surface area contributed by atoms with E-state index >= 15 is 0 Å². The lowest BCUT2D eigenvalue weighted by molar-refractivity contribution is -0.150. The lowest BCUT2D eigenvalue weighted by Crippen LogP contribution is -2.56. The fourth-order valence-electron chi connectivity index (χ4n) is 6.78. The molecule has 2 nitrogen and oxygen atoms in total. The Labute approximate surface area is 139 Å². The van der Waals surface area contributed by atoms with Crippen LogP contribution in [0, 0.1) is 34.5 Å². The molecule has 0 aliphatic heterocycles. The highest BCUT2D eigenvalue weighted by Gasteiger charge is 2.61. The van der Waals surface area contributed by atoms with Crippen molar-refractivity contribution < 1.29 is 9.59 Å². The molecule has 2 heteroatoms. The third-order valence-corrected chi connectivity index (χ3v) is 7.86. The van der Waals surface area contributed by atoms with Crippen molar-refractivity contribution in [3.63, 3.8) is 0 Å². The van der Waals surface area contributed by atoms with E-state index in [1.54, 1.807) is 6.92 Å². The summed E-state index contributed by atoms with van der Waals surface area (Å²) < 4.78 is 0. The van der Waals surface area contributed by atoms with Crippen LogP contribution in [0.5, 0.6) is 0 Å². The van der Waals surface area contributed by atoms with Crippen molar-refractivity contribution in [2.75, 3.05) is 0 Å². The average molecular weight is 312 g/mol. The molecule has 2 saturated carbocycles. The Morgan fingerprint density at radius 3 is 2.70 bits per heavy atom. The molecule has 124 valence electrons. The van der Waals surface area contributed by atoms with Gasteiger partial charge in [-0.25, -0.2) is 0 Å². The van der Waals surface area contributed by atoms with Gasteiger partial charge in [0.1, 0.15) is 5.78 Å². The van der Waals surface area contributed by atoms with Crippen molar-refractivity contribution in [2.45, 2.75) is 59.3 Å². The highest BCUT2D eigenvalue weighted by atomic mass is 16.1. The molecule has 2 fully saturated rings. The van der Waals surface area contributed by atoms with Gasteiger partial charge in [0.25, 0.3) is 0 Å². The molecular weight excluding hydrogens is 284 g/mol. The van der Waals surface area contributed by atoms with Gasteiger partial charge in [0.2, 0.25) is 0 Å². The number of rotatable bonds is 1. The molecule has 0 N–H and O–H groups in total. The van der Waals surface area contributed by atoms with Gasteiger partial charge < -0.3 is 0 Å². The van der Waals surface area contributed by atoms with Gasteiger partial charge in [-0.2, -0.15) is 0 Å². The first-order chi connectivity index (χ1) is 10.9. The summed E-state index contributed by atoms with van der Waals surface area (Å²) in [5, 5.41) is 0. The van der Waals surface area contributed by atoms with Gasteiger partial charge >= 0.3 is 0 Å². The predicted octanol–water partition coefficient (Wildman–Crippen LogP) is 4.50. The summed E-state index contributed by atoms with van der Waals surface area (Å²) in [4.78, 5) is 25.3. The maximum absolute atomic E-state index is 13.2. The van der Waals surface area contributed by atoms with Crippen LogP contribution >= 0.6 is 0 Å². The van der Waals surface area contributed by atoms with Crippen molar-refractivity contribution in [3.05, 3.63) is 23.8 Å². The maximum Gasteiger partial charge on any atom is 0.156 e. The summed E-state index contributed by atoms with van der Waals surface area (Å²) in [6.07, 6.45) is 13.0. The molecule has 0 bridgehead atoms. The fourth-order valence-corrected chi connectivity index (χ4v) is 6.78. The quantitative estimate of drug-likeness (QED) is 0.668. The number of carbonyl (C=O) groups excluding carboxylic acids is 2. The van der Waals surface area contributed by atoms with Gasteiger partial charge in [0.15, 0.2) is 5.78 Å². The first-order valence-corrected chi connectivity index (χ1v) is 9.27. The lowest BCUT2D eigenvalue weighted by atomic mass is 9.45. The van der Waals surface area contributed by atoms with Crippen LogP contribution in [-0.4, -0.2) is 11.6 Å². The first-order valence-electron chi connectivity index (χ1n) is 9.27. The van der Waals surface area contributed by atoms with Crippen LogP contribution < -0.4 is 0 Å². The second kappa shape index (κ2) is 4.91. The summed E-state index contributed by atoms with van der Waals surface area (Å²) in [7, 11) is 0. The Bertz CT molecular complexity index is 628. The van der Waals surface area contributed by atoms with Crippen LogP contribution in [0.2, 0.25) is 0 Å². The summed E-state index contributed by atoms with van der Waals surface area (Å²) in [6.45, 7) is 6.22. The summed E-state index contributed by atoms with van der Waals surface area (Å²) >= 11 is 0. The minimum absolute atomic E-state index is 0.148. The number of allylic oxidation sites excluding steroid dienone is 4. The molecule has 4 aliphatic carbocycles. The van der Waals surface area contributed by atoms with Crippen LogP contribution in [0.1, 0.15) is 59.3 Å². The van der Waals surface area contributed by atoms with E-state index in [2.05, 4.69) is 32.1 Å². The van der Waals surface area contributed by atoms with E-state index in [-0.39, 0.29) is 22.5 Å². The van der Waals surface area contributed by atoms with Crippen molar-refractivity contribution in [3.8, 4) is 0 Å². The third-order valence-electron chi connectivity index (χ3n) is 7.86. The van der Waals surface area contributed by atoms with Gasteiger partial charge in [-0.05, 0) is 67.8 Å². The Hall–Kier alpha value is -1.18. The van der Waals surface area contributed by atoms with Crippen molar-refractivity contribution in [1.82, 2.24) is 0 Å². The van der Waals surface area contributed by atoms with E-state index in [1.165, 1.54) is 12.8 Å². The van der Waals surface area contributed by atoms with Crippen molar-refractivity contribution >= 4 is 11.6 Å². The number of fused-ring (bicyclic) bond motifs is 5. The SMILES string of the molecule is CC(=O)C1=CC[C@H]2[C@@H]3CC[C@H]4CC=CC[C@]4(C)[C@H]3C(=O)C[C@]12C. The van der Waals surface area contributed by atoms with Gasteiger partial charge in [0, 0.05) is 17.8 Å². The summed E-state index contributed by atoms with van der Waals surface area (Å²) in [5.41, 5.74) is 0.887. The molecule has 0 aromatic heterocycles. The lowest BCUT2D eigenvalue weighted by Gasteiger charge is -2.58. The van der Waals surface area contributed by atoms with Crippen LogP contribution in [0.3, 0.4) is 0 Å². The van der Waals surface area contributed by atoms with Gasteiger partial charge in [-0.15, -0.1) is 0 Å². The third kappa shape index (κ3) is 1.93. The van der Waals surface area contributed by atoms with Crippen LogP contribution in [0.4, 0.5) is 0 Å². The normalized spacial score (nSPS) is 48.3. The molecule has 0 spiro atoms. The minimum Gasteiger partial charge on any atom is -0.299 e. The average Bonchev–Trinajstić information content (AvgIpc) is 2.82.